The molecule has 6 nitrogen and oxygen atoms in total. The second kappa shape index (κ2) is 6.12. The zero-order chi connectivity index (χ0) is 14.5. The fourth-order valence-corrected chi connectivity index (χ4v) is 1.87. The van der Waals surface area contributed by atoms with Gasteiger partial charge in [0, 0.05) is 12.4 Å². The van der Waals surface area contributed by atoms with E-state index >= 15 is 0 Å². The molecule has 0 saturated heterocycles. The Labute approximate surface area is 116 Å². The van der Waals surface area contributed by atoms with Crippen molar-refractivity contribution >= 4 is 5.91 Å². The van der Waals surface area contributed by atoms with E-state index in [4.69, 9.17) is 5.84 Å². The molecule has 0 aliphatic carbocycles. The fourth-order valence-electron chi connectivity index (χ4n) is 1.87. The number of hydrazine groups is 1. The lowest BCUT2D eigenvalue weighted by Gasteiger charge is -2.07. The summed E-state index contributed by atoms with van der Waals surface area (Å²) < 4.78 is 1.55. The topological polar surface area (TPSA) is 90.0 Å². The van der Waals surface area contributed by atoms with Gasteiger partial charge < -0.3 is 0 Å². The summed E-state index contributed by atoms with van der Waals surface area (Å²) in [6.45, 7) is 2.34. The van der Waals surface area contributed by atoms with Crippen LogP contribution in [0.2, 0.25) is 0 Å². The van der Waals surface area contributed by atoms with Crippen LogP contribution < -0.4 is 17.0 Å². The summed E-state index contributed by atoms with van der Waals surface area (Å²) in [5, 5.41) is 0. The van der Waals surface area contributed by atoms with Gasteiger partial charge in [0.15, 0.2) is 0 Å². The maximum atomic E-state index is 11.6. The van der Waals surface area contributed by atoms with Crippen LogP contribution in [0, 0.1) is 6.92 Å². The number of carbonyl (C=O) groups excluding carboxylic acids is 1. The first kappa shape index (κ1) is 14.0. The van der Waals surface area contributed by atoms with Crippen LogP contribution in [0.3, 0.4) is 0 Å². The summed E-state index contributed by atoms with van der Waals surface area (Å²) in [4.78, 5) is 26.5. The number of hydrogen-bond acceptors (Lipinski definition) is 4. The van der Waals surface area contributed by atoms with Gasteiger partial charge in [0.2, 0.25) is 5.91 Å². The van der Waals surface area contributed by atoms with Crippen molar-refractivity contribution in [1.82, 2.24) is 15.0 Å². The summed E-state index contributed by atoms with van der Waals surface area (Å²) >= 11 is 0. The second-order valence-electron chi connectivity index (χ2n) is 4.60. The van der Waals surface area contributed by atoms with Crippen molar-refractivity contribution in [3.63, 3.8) is 0 Å². The average molecular weight is 272 g/mol. The molecule has 6 heteroatoms. The molecule has 1 aromatic carbocycles. The lowest BCUT2D eigenvalue weighted by atomic mass is 10.1. The summed E-state index contributed by atoms with van der Waals surface area (Å²) in [5.74, 6) is 4.80. The minimum absolute atomic E-state index is 0.239. The maximum absolute atomic E-state index is 11.6. The molecule has 0 spiro atoms. The third-order valence-corrected chi connectivity index (χ3v) is 2.89. The Kier molecular flexibility index (Phi) is 4.27. The van der Waals surface area contributed by atoms with Crippen LogP contribution >= 0.6 is 0 Å². The molecule has 20 heavy (non-hydrogen) atoms. The number of amides is 1. The van der Waals surface area contributed by atoms with Crippen molar-refractivity contribution in [2.75, 3.05) is 0 Å². The Hall–Kier alpha value is -2.47. The van der Waals surface area contributed by atoms with Gasteiger partial charge in [-0.25, -0.2) is 15.6 Å². The molecule has 0 saturated carbocycles. The van der Waals surface area contributed by atoms with Gasteiger partial charge in [-0.15, -0.1) is 0 Å². The number of benzene rings is 1. The zero-order valence-electron chi connectivity index (χ0n) is 11.2. The third kappa shape index (κ3) is 3.52. The first-order valence-electron chi connectivity index (χ1n) is 6.19. The predicted molar refractivity (Wildman–Crippen MR) is 74.8 cm³/mol. The van der Waals surface area contributed by atoms with Gasteiger partial charge in [-0.3, -0.25) is 14.8 Å². The van der Waals surface area contributed by atoms with Crippen LogP contribution in [0.4, 0.5) is 0 Å². The highest BCUT2D eigenvalue weighted by molar-refractivity contribution is 5.77. The van der Waals surface area contributed by atoms with E-state index < -0.39 is 0 Å². The minimum Gasteiger partial charge on any atom is -0.294 e. The molecule has 0 radical (unpaired) electrons. The first-order valence-corrected chi connectivity index (χ1v) is 6.19. The van der Waals surface area contributed by atoms with Crippen molar-refractivity contribution in [3.05, 3.63) is 63.8 Å². The molecule has 0 atom stereocenters. The van der Waals surface area contributed by atoms with Gasteiger partial charge in [-0.1, -0.05) is 24.3 Å². The fraction of sp³-hybridized carbons (Fsp3) is 0.214. The molecule has 2 aromatic rings. The van der Waals surface area contributed by atoms with E-state index in [2.05, 4.69) is 10.4 Å². The molecule has 1 aromatic heterocycles. The lowest BCUT2D eigenvalue weighted by molar-refractivity contribution is -0.120. The van der Waals surface area contributed by atoms with E-state index in [-0.39, 0.29) is 18.0 Å². The normalized spacial score (nSPS) is 10.3. The molecule has 0 fully saturated rings. The largest absolute Gasteiger partial charge is 0.347 e. The standard InChI is InChI=1S/C14H16N4O2/c1-10-7-16-14(20)18(8-10)9-12-4-2-11(3-5-12)6-13(19)17-15/h2-5,7-8H,6,9,15H2,1H3,(H,17,19). The summed E-state index contributed by atoms with van der Waals surface area (Å²) in [6.07, 6.45) is 3.56. The number of carbonyl (C=O) groups is 1. The van der Waals surface area contributed by atoms with E-state index in [1.165, 1.54) is 0 Å². The maximum Gasteiger partial charge on any atom is 0.347 e. The van der Waals surface area contributed by atoms with Crippen LogP contribution in [-0.4, -0.2) is 15.5 Å². The monoisotopic (exact) mass is 272 g/mol. The third-order valence-electron chi connectivity index (χ3n) is 2.89. The van der Waals surface area contributed by atoms with Crippen LogP contribution in [0.5, 0.6) is 0 Å². The summed E-state index contributed by atoms with van der Waals surface area (Å²) in [7, 11) is 0. The number of aromatic nitrogens is 2. The highest BCUT2D eigenvalue weighted by Crippen LogP contribution is 2.06. The minimum atomic E-state index is -0.276. The second-order valence-corrected chi connectivity index (χ2v) is 4.60. The number of nitrogens with one attached hydrogen (secondary N) is 1. The Balaban J connectivity index is 2.12. The van der Waals surface area contributed by atoms with Crippen LogP contribution in [0.1, 0.15) is 16.7 Å². The molecule has 0 aliphatic rings. The van der Waals surface area contributed by atoms with E-state index in [0.717, 1.165) is 16.7 Å². The number of rotatable bonds is 4. The Bertz CT molecular complexity index is 662. The number of nitrogens with zero attached hydrogens (tertiary/aromatic N) is 2. The highest BCUT2D eigenvalue weighted by atomic mass is 16.2. The molecule has 1 amide bonds. The van der Waals surface area contributed by atoms with Crippen molar-refractivity contribution < 1.29 is 4.79 Å². The van der Waals surface area contributed by atoms with Gasteiger partial charge in [0.1, 0.15) is 0 Å². The predicted octanol–water partition coefficient (Wildman–Crippen LogP) is 0.132. The van der Waals surface area contributed by atoms with Gasteiger partial charge in [-0.2, -0.15) is 0 Å². The lowest BCUT2D eigenvalue weighted by Crippen LogP contribution is -2.31. The van der Waals surface area contributed by atoms with Gasteiger partial charge in [-0.05, 0) is 23.6 Å². The van der Waals surface area contributed by atoms with Gasteiger partial charge in [0.05, 0.1) is 13.0 Å². The van der Waals surface area contributed by atoms with Gasteiger partial charge in [0.25, 0.3) is 0 Å². The van der Waals surface area contributed by atoms with Gasteiger partial charge >= 0.3 is 5.69 Å². The van der Waals surface area contributed by atoms with Crippen molar-refractivity contribution in [3.8, 4) is 0 Å². The van der Waals surface area contributed by atoms with Crippen molar-refractivity contribution in [2.24, 2.45) is 5.84 Å². The summed E-state index contributed by atoms with van der Waals surface area (Å²) in [5.41, 5.74) is 4.58. The molecular formula is C14H16N4O2. The molecule has 104 valence electrons. The van der Waals surface area contributed by atoms with E-state index in [1.807, 2.05) is 31.2 Å². The van der Waals surface area contributed by atoms with Crippen LogP contribution in [0.25, 0.3) is 0 Å². The Morgan fingerprint density at radius 3 is 2.60 bits per heavy atom. The first-order chi connectivity index (χ1) is 9.58. The van der Waals surface area contributed by atoms with Crippen molar-refractivity contribution in [2.45, 2.75) is 19.9 Å². The molecule has 3 N–H and O–H groups in total. The molecular weight excluding hydrogens is 256 g/mol. The molecule has 2 rings (SSSR count). The smallest absolute Gasteiger partial charge is 0.294 e. The van der Waals surface area contributed by atoms with Crippen LogP contribution in [0.15, 0.2) is 41.5 Å². The zero-order valence-corrected chi connectivity index (χ0v) is 11.2. The quantitative estimate of drug-likeness (QED) is 0.470. The number of hydrogen-bond donors (Lipinski definition) is 2. The van der Waals surface area contributed by atoms with Crippen LogP contribution in [-0.2, 0) is 17.8 Å². The molecule has 1 heterocycles. The SMILES string of the molecule is Cc1cnc(=O)n(Cc2ccc(CC(=O)NN)cc2)c1. The van der Waals surface area contributed by atoms with Crippen molar-refractivity contribution in [1.29, 1.82) is 0 Å². The Morgan fingerprint density at radius 2 is 1.95 bits per heavy atom. The van der Waals surface area contributed by atoms with E-state index in [0.29, 0.717) is 6.54 Å². The molecule has 0 aliphatic heterocycles. The number of nitrogens with two attached hydrogens (primary N) is 1. The number of aryl methyl sites for hydroxylation is 1. The average Bonchev–Trinajstić information content (AvgIpc) is 2.45. The molecule has 0 bridgehead atoms. The highest BCUT2D eigenvalue weighted by Gasteiger charge is 2.03. The summed E-state index contributed by atoms with van der Waals surface area (Å²) in [6, 6.07) is 7.46. The van der Waals surface area contributed by atoms with E-state index in [9.17, 15) is 9.59 Å². The van der Waals surface area contributed by atoms with E-state index in [1.54, 1.807) is 17.0 Å². The Morgan fingerprint density at radius 1 is 1.30 bits per heavy atom. The molecule has 0 unspecified atom stereocenters.